The number of carbonyl (C=O) groups excluding carboxylic acids is 1. The third-order valence-electron chi connectivity index (χ3n) is 5.66. The molecule has 1 N–H and O–H groups in total. The number of likely N-dealkylation sites (tertiary alicyclic amines) is 1. The molecule has 1 saturated heterocycles. The topological polar surface area (TPSA) is 63.1 Å². The molecule has 1 aromatic carbocycles. The van der Waals surface area contributed by atoms with Crippen molar-refractivity contribution in [2.45, 2.75) is 64.1 Å². The van der Waals surface area contributed by atoms with Crippen molar-refractivity contribution in [1.29, 1.82) is 0 Å². The number of nitrogens with zero attached hydrogens (tertiary/aromatic N) is 4. The van der Waals surface area contributed by atoms with Crippen molar-refractivity contribution in [2.75, 3.05) is 6.54 Å². The maximum Gasteiger partial charge on any atom is 0.318 e. The van der Waals surface area contributed by atoms with Gasteiger partial charge in [-0.1, -0.05) is 18.6 Å². The number of aromatic nitrogens is 3. The lowest BCUT2D eigenvalue weighted by Crippen LogP contribution is -2.41. The second-order valence-corrected chi connectivity index (χ2v) is 7.51. The lowest BCUT2D eigenvalue weighted by molar-refractivity contribution is 0.186. The van der Waals surface area contributed by atoms with Crippen molar-refractivity contribution in [2.24, 2.45) is 0 Å². The summed E-state index contributed by atoms with van der Waals surface area (Å²) in [7, 11) is 0. The summed E-state index contributed by atoms with van der Waals surface area (Å²) in [5.74, 6) is 1.70. The van der Waals surface area contributed by atoms with Crippen molar-refractivity contribution < 1.29 is 9.18 Å². The van der Waals surface area contributed by atoms with Crippen molar-refractivity contribution >= 4 is 6.03 Å². The Hall–Kier alpha value is -2.44. The van der Waals surface area contributed by atoms with Crippen molar-refractivity contribution in [3.05, 3.63) is 47.3 Å². The highest BCUT2D eigenvalue weighted by molar-refractivity contribution is 5.75. The van der Waals surface area contributed by atoms with Gasteiger partial charge in [-0.15, -0.1) is 10.2 Å². The Morgan fingerprint density at radius 1 is 1.15 bits per heavy atom. The zero-order valence-electron chi connectivity index (χ0n) is 15.7. The van der Waals surface area contributed by atoms with E-state index in [2.05, 4.69) is 20.1 Å². The highest BCUT2D eigenvalue weighted by atomic mass is 19.1. The van der Waals surface area contributed by atoms with Gasteiger partial charge in [-0.3, -0.25) is 0 Å². The molecule has 0 radical (unpaired) electrons. The molecule has 2 atom stereocenters. The van der Waals surface area contributed by atoms with E-state index in [-0.39, 0.29) is 23.9 Å². The highest BCUT2D eigenvalue weighted by Crippen LogP contribution is 2.32. The number of aryl methyl sites for hydroxylation is 1. The summed E-state index contributed by atoms with van der Waals surface area (Å²) in [5, 5.41) is 11.9. The number of nitrogens with one attached hydrogen (secondary N) is 1. The van der Waals surface area contributed by atoms with Gasteiger partial charge in [0.1, 0.15) is 11.6 Å². The first-order valence-corrected chi connectivity index (χ1v) is 9.88. The van der Waals surface area contributed by atoms with E-state index in [9.17, 15) is 9.18 Å². The third-order valence-corrected chi connectivity index (χ3v) is 5.66. The average Bonchev–Trinajstić information content (AvgIpc) is 3.23. The molecule has 6 nitrogen and oxygen atoms in total. The Labute approximate surface area is 158 Å². The quantitative estimate of drug-likeness (QED) is 0.894. The molecule has 2 aromatic rings. The molecule has 3 heterocycles. The van der Waals surface area contributed by atoms with E-state index < -0.39 is 0 Å². The van der Waals surface area contributed by atoms with Gasteiger partial charge in [-0.05, 0) is 50.3 Å². The predicted molar refractivity (Wildman–Crippen MR) is 99.6 cm³/mol. The van der Waals surface area contributed by atoms with Crippen LogP contribution in [0.5, 0.6) is 0 Å². The van der Waals surface area contributed by atoms with Crippen LogP contribution in [0.4, 0.5) is 9.18 Å². The van der Waals surface area contributed by atoms with Crippen LogP contribution in [0.2, 0.25) is 0 Å². The van der Waals surface area contributed by atoms with E-state index in [4.69, 9.17) is 0 Å². The van der Waals surface area contributed by atoms with Crippen molar-refractivity contribution in [3.63, 3.8) is 0 Å². The molecule has 144 valence electrons. The third kappa shape index (κ3) is 3.68. The van der Waals surface area contributed by atoms with E-state index in [0.29, 0.717) is 0 Å². The van der Waals surface area contributed by atoms with E-state index in [1.54, 1.807) is 12.1 Å². The van der Waals surface area contributed by atoms with Gasteiger partial charge < -0.3 is 14.8 Å². The van der Waals surface area contributed by atoms with Crippen LogP contribution in [-0.4, -0.2) is 32.2 Å². The van der Waals surface area contributed by atoms with E-state index in [1.807, 2.05) is 11.8 Å². The van der Waals surface area contributed by atoms with Crippen LogP contribution in [0.1, 0.15) is 68.3 Å². The van der Waals surface area contributed by atoms with Crippen LogP contribution in [0.3, 0.4) is 0 Å². The largest absolute Gasteiger partial charge is 0.331 e. The minimum atomic E-state index is -0.274. The number of hydrogen-bond acceptors (Lipinski definition) is 3. The first kappa shape index (κ1) is 17.9. The summed E-state index contributed by atoms with van der Waals surface area (Å²) in [5.41, 5.74) is 0.886. The Balaban J connectivity index is 1.49. The fraction of sp³-hybridized carbons (Fsp3) is 0.550. The second-order valence-electron chi connectivity index (χ2n) is 7.51. The first-order chi connectivity index (χ1) is 13.1. The number of amides is 2. The van der Waals surface area contributed by atoms with Crippen molar-refractivity contribution in [3.8, 4) is 0 Å². The maximum atomic E-state index is 13.1. The number of carbonyl (C=O) groups is 1. The molecule has 2 amide bonds. The monoisotopic (exact) mass is 371 g/mol. The highest BCUT2D eigenvalue weighted by Gasteiger charge is 2.34. The molecule has 0 aliphatic carbocycles. The average molecular weight is 371 g/mol. The SMILES string of the molecule is C[C@@H](NC(=O)N1CCC[C@H]1c1nnc2n1CCCCC2)c1ccc(F)cc1. The molecule has 2 aliphatic heterocycles. The van der Waals surface area contributed by atoms with Gasteiger partial charge in [-0.2, -0.15) is 0 Å². The van der Waals surface area contributed by atoms with Gasteiger partial charge in [0, 0.05) is 19.5 Å². The molecular weight excluding hydrogens is 345 g/mol. The van der Waals surface area contributed by atoms with Crippen LogP contribution in [0.15, 0.2) is 24.3 Å². The molecule has 0 saturated carbocycles. The van der Waals surface area contributed by atoms with E-state index in [0.717, 1.165) is 62.4 Å². The van der Waals surface area contributed by atoms with Gasteiger partial charge in [-0.25, -0.2) is 9.18 Å². The predicted octanol–water partition coefficient (Wildman–Crippen LogP) is 3.75. The van der Waals surface area contributed by atoms with Gasteiger partial charge in [0.2, 0.25) is 0 Å². The van der Waals surface area contributed by atoms with Crippen LogP contribution in [0.25, 0.3) is 0 Å². The summed E-state index contributed by atoms with van der Waals surface area (Å²) in [4.78, 5) is 14.8. The van der Waals surface area contributed by atoms with Crippen LogP contribution in [-0.2, 0) is 13.0 Å². The fourth-order valence-electron chi connectivity index (χ4n) is 4.14. The number of urea groups is 1. The Kier molecular flexibility index (Phi) is 5.09. The molecule has 7 heteroatoms. The molecule has 4 rings (SSSR count). The van der Waals surface area contributed by atoms with Gasteiger partial charge in [0.05, 0.1) is 12.1 Å². The summed E-state index contributed by atoms with van der Waals surface area (Å²) < 4.78 is 15.4. The molecule has 1 aromatic heterocycles. The van der Waals surface area contributed by atoms with Gasteiger partial charge >= 0.3 is 6.03 Å². The Morgan fingerprint density at radius 2 is 1.96 bits per heavy atom. The molecule has 27 heavy (non-hydrogen) atoms. The summed E-state index contributed by atoms with van der Waals surface area (Å²) in [6.07, 6.45) is 6.35. The second kappa shape index (κ2) is 7.66. The smallest absolute Gasteiger partial charge is 0.318 e. The van der Waals surface area contributed by atoms with Gasteiger partial charge in [0.25, 0.3) is 0 Å². The molecular formula is C20H26FN5O. The molecule has 0 spiro atoms. The number of benzene rings is 1. The maximum absolute atomic E-state index is 13.1. The zero-order valence-corrected chi connectivity index (χ0v) is 15.7. The summed E-state index contributed by atoms with van der Waals surface area (Å²) in [6.45, 7) is 3.57. The van der Waals surface area contributed by atoms with Crippen LogP contribution in [0, 0.1) is 5.82 Å². The standard InChI is InChI=1S/C20H26FN5O/c1-14(15-8-10-16(21)11-9-15)22-20(27)25-13-5-6-17(25)19-24-23-18-7-3-2-4-12-26(18)19/h8-11,14,17H,2-7,12-13H2,1H3,(H,22,27)/t14-,17+/m1/s1. The van der Waals surface area contributed by atoms with Crippen LogP contribution < -0.4 is 5.32 Å². The lowest BCUT2D eigenvalue weighted by atomic mass is 10.1. The number of halogens is 1. The fourth-order valence-corrected chi connectivity index (χ4v) is 4.14. The van der Waals surface area contributed by atoms with E-state index >= 15 is 0 Å². The molecule has 1 fully saturated rings. The zero-order chi connectivity index (χ0) is 18.8. The van der Waals surface area contributed by atoms with E-state index in [1.165, 1.54) is 18.6 Å². The van der Waals surface area contributed by atoms with Crippen molar-refractivity contribution in [1.82, 2.24) is 25.0 Å². The summed E-state index contributed by atoms with van der Waals surface area (Å²) in [6, 6.07) is 5.95. The molecule has 2 aliphatic rings. The van der Waals surface area contributed by atoms with Gasteiger partial charge in [0.15, 0.2) is 5.82 Å². The minimum Gasteiger partial charge on any atom is -0.331 e. The molecule has 0 bridgehead atoms. The number of hydrogen-bond donors (Lipinski definition) is 1. The molecule has 0 unspecified atom stereocenters. The first-order valence-electron chi connectivity index (χ1n) is 9.88. The Morgan fingerprint density at radius 3 is 2.78 bits per heavy atom. The number of fused-ring (bicyclic) bond motifs is 1. The Bertz CT molecular complexity index is 803. The number of rotatable bonds is 3. The summed E-state index contributed by atoms with van der Waals surface area (Å²) >= 11 is 0. The normalized spacial score (nSPS) is 20.8. The minimum absolute atomic E-state index is 0.0234. The lowest BCUT2D eigenvalue weighted by Gasteiger charge is -2.27. The van der Waals surface area contributed by atoms with Crippen LogP contribution >= 0.6 is 0 Å².